The molecule has 0 bridgehead atoms. The van der Waals surface area contributed by atoms with Gasteiger partial charge < -0.3 is 9.84 Å². The number of benzene rings is 1. The monoisotopic (exact) mass is 260 g/mol. The first kappa shape index (κ1) is 13.1. The molecular weight excluding hydrogens is 244 g/mol. The molecule has 1 heterocycles. The maximum Gasteiger partial charge on any atom is 0.303 e. The van der Waals surface area contributed by atoms with Gasteiger partial charge in [0.2, 0.25) is 0 Å². The van der Waals surface area contributed by atoms with Crippen molar-refractivity contribution in [3.63, 3.8) is 0 Å². The minimum absolute atomic E-state index is 0.110. The summed E-state index contributed by atoms with van der Waals surface area (Å²) in [5.41, 5.74) is 2.73. The van der Waals surface area contributed by atoms with Gasteiger partial charge in [-0.25, -0.2) is 4.68 Å². The Morgan fingerprint density at radius 1 is 1.42 bits per heavy atom. The summed E-state index contributed by atoms with van der Waals surface area (Å²) in [5, 5.41) is 13.0. The SMILES string of the molecule is COc1ccccc1-n1ncc(CCC(=O)O)c1C. The average molecular weight is 260 g/mol. The number of rotatable bonds is 5. The van der Waals surface area contributed by atoms with E-state index in [-0.39, 0.29) is 6.42 Å². The summed E-state index contributed by atoms with van der Waals surface area (Å²) in [5.74, 6) is -0.0667. The molecule has 0 unspecified atom stereocenters. The highest BCUT2D eigenvalue weighted by Crippen LogP contribution is 2.24. The fourth-order valence-corrected chi connectivity index (χ4v) is 1.98. The minimum Gasteiger partial charge on any atom is -0.494 e. The topological polar surface area (TPSA) is 64.4 Å². The summed E-state index contributed by atoms with van der Waals surface area (Å²) in [7, 11) is 1.61. The number of methoxy groups -OCH3 is 1. The summed E-state index contributed by atoms with van der Waals surface area (Å²) in [6.45, 7) is 1.93. The number of carbonyl (C=O) groups is 1. The van der Waals surface area contributed by atoms with Crippen LogP contribution in [0.5, 0.6) is 5.75 Å². The molecule has 0 saturated carbocycles. The van der Waals surface area contributed by atoms with Crippen LogP contribution in [0, 0.1) is 6.92 Å². The highest BCUT2D eigenvalue weighted by atomic mass is 16.5. The van der Waals surface area contributed by atoms with E-state index in [4.69, 9.17) is 9.84 Å². The van der Waals surface area contributed by atoms with Crippen LogP contribution in [-0.2, 0) is 11.2 Å². The lowest BCUT2D eigenvalue weighted by atomic mass is 10.1. The van der Waals surface area contributed by atoms with E-state index in [1.807, 2.05) is 31.2 Å². The number of hydrogen-bond acceptors (Lipinski definition) is 3. The molecule has 0 fully saturated rings. The number of carboxylic acids is 1. The maximum atomic E-state index is 10.6. The van der Waals surface area contributed by atoms with Crippen molar-refractivity contribution in [3.05, 3.63) is 41.7 Å². The fourth-order valence-electron chi connectivity index (χ4n) is 1.98. The predicted molar refractivity (Wildman–Crippen MR) is 70.8 cm³/mol. The first-order valence-corrected chi connectivity index (χ1v) is 6.02. The van der Waals surface area contributed by atoms with E-state index in [9.17, 15) is 4.79 Å². The Bertz CT molecular complexity index is 590. The van der Waals surface area contributed by atoms with Crippen LogP contribution in [-0.4, -0.2) is 28.0 Å². The van der Waals surface area contributed by atoms with Crippen LogP contribution in [0.4, 0.5) is 0 Å². The zero-order chi connectivity index (χ0) is 13.8. The smallest absolute Gasteiger partial charge is 0.303 e. The first-order valence-electron chi connectivity index (χ1n) is 6.02. The lowest BCUT2D eigenvalue weighted by Gasteiger charge is -2.10. The predicted octanol–water partition coefficient (Wildman–Crippen LogP) is 2.21. The number of nitrogens with zero attached hydrogens (tertiary/aromatic N) is 2. The van der Waals surface area contributed by atoms with E-state index >= 15 is 0 Å². The van der Waals surface area contributed by atoms with Gasteiger partial charge in [0.15, 0.2) is 0 Å². The molecule has 0 aliphatic carbocycles. The number of aliphatic carboxylic acids is 1. The van der Waals surface area contributed by atoms with E-state index in [0.717, 1.165) is 22.7 Å². The molecule has 5 nitrogen and oxygen atoms in total. The van der Waals surface area contributed by atoms with Gasteiger partial charge in [-0.05, 0) is 31.0 Å². The molecule has 0 aliphatic heterocycles. The molecule has 0 radical (unpaired) electrons. The van der Waals surface area contributed by atoms with Gasteiger partial charge in [0.1, 0.15) is 11.4 Å². The Morgan fingerprint density at radius 2 is 2.16 bits per heavy atom. The molecular formula is C14H16N2O3. The van der Waals surface area contributed by atoms with E-state index < -0.39 is 5.97 Å². The van der Waals surface area contributed by atoms with Crippen molar-refractivity contribution in [1.82, 2.24) is 9.78 Å². The molecule has 2 aromatic rings. The van der Waals surface area contributed by atoms with Crippen LogP contribution in [0.1, 0.15) is 17.7 Å². The lowest BCUT2D eigenvalue weighted by Crippen LogP contribution is -2.03. The summed E-state index contributed by atoms with van der Waals surface area (Å²) in [4.78, 5) is 10.6. The number of aryl methyl sites for hydroxylation is 1. The largest absolute Gasteiger partial charge is 0.494 e. The van der Waals surface area contributed by atoms with E-state index in [1.54, 1.807) is 18.0 Å². The van der Waals surface area contributed by atoms with Crippen molar-refractivity contribution >= 4 is 5.97 Å². The number of ether oxygens (including phenoxy) is 1. The number of aromatic nitrogens is 2. The molecule has 1 aromatic carbocycles. The van der Waals surface area contributed by atoms with Gasteiger partial charge in [-0.3, -0.25) is 4.79 Å². The minimum atomic E-state index is -0.801. The molecule has 0 aliphatic rings. The first-order chi connectivity index (χ1) is 9.13. The lowest BCUT2D eigenvalue weighted by molar-refractivity contribution is -0.136. The van der Waals surface area contributed by atoms with Crippen molar-refractivity contribution in [2.24, 2.45) is 0 Å². The zero-order valence-corrected chi connectivity index (χ0v) is 11.0. The van der Waals surface area contributed by atoms with Gasteiger partial charge in [0.25, 0.3) is 0 Å². The quantitative estimate of drug-likeness (QED) is 0.895. The molecule has 100 valence electrons. The summed E-state index contributed by atoms with van der Waals surface area (Å²) < 4.78 is 7.08. The standard InChI is InChI=1S/C14H16N2O3/c1-10-11(7-8-14(17)18)9-15-16(10)12-5-3-4-6-13(12)19-2/h3-6,9H,7-8H2,1-2H3,(H,17,18). The van der Waals surface area contributed by atoms with Crippen molar-refractivity contribution in [3.8, 4) is 11.4 Å². The summed E-state index contributed by atoms with van der Waals surface area (Å²) >= 11 is 0. The van der Waals surface area contributed by atoms with E-state index in [2.05, 4.69) is 5.10 Å². The number of carboxylic acid groups (broad SMARTS) is 1. The van der Waals surface area contributed by atoms with Gasteiger partial charge in [-0.1, -0.05) is 12.1 Å². The Hall–Kier alpha value is -2.30. The van der Waals surface area contributed by atoms with Gasteiger partial charge >= 0.3 is 5.97 Å². The Kier molecular flexibility index (Phi) is 3.85. The average Bonchev–Trinajstić information content (AvgIpc) is 2.77. The highest BCUT2D eigenvalue weighted by molar-refractivity contribution is 5.67. The van der Waals surface area contributed by atoms with Gasteiger partial charge in [-0.15, -0.1) is 0 Å². The third-order valence-corrected chi connectivity index (χ3v) is 3.03. The molecule has 5 heteroatoms. The second-order valence-electron chi connectivity index (χ2n) is 4.23. The number of para-hydroxylation sites is 2. The molecule has 0 spiro atoms. The zero-order valence-electron chi connectivity index (χ0n) is 11.0. The molecule has 2 rings (SSSR count). The van der Waals surface area contributed by atoms with Crippen LogP contribution < -0.4 is 4.74 Å². The third-order valence-electron chi connectivity index (χ3n) is 3.03. The van der Waals surface area contributed by atoms with Crippen molar-refractivity contribution < 1.29 is 14.6 Å². The maximum absolute atomic E-state index is 10.6. The van der Waals surface area contributed by atoms with E-state index in [0.29, 0.717) is 6.42 Å². The second kappa shape index (κ2) is 5.56. The highest BCUT2D eigenvalue weighted by Gasteiger charge is 2.12. The van der Waals surface area contributed by atoms with Gasteiger partial charge in [-0.2, -0.15) is 5.10 Å². The Morgan fingerprint density at radius 3 is 2.84 bits per heavy atom. The van der Waals surface area contributed by atoms with Crippen LogP contribution >= 0.6 is 0 Å². The third kappa shape index (κ3) is 2.76. The molecule has 19 heavy (non-hydrogen) atoms. The van der Waals surface area contributed by atoms with Crippen molar-refractivity contribution in [2.75, 3.05) is 7.11 Å². The van der Waals surface area contributed by atoms with Gasteiger partial charge in [0, 0.05) is 12.1 Å². The van der Waals surface area contributed by atoms with Crippen LogP contribution in [0.2, 0.25) is 0 Å². The molecule has 0 atom stereocenters. The van der Waals surface area contributed by atoms with E-state index in [1.165, 1.54) is 0 Å². The Balaban J connectivity index is 2.33. The normalized spacial score (nSPS) is 10.4. The molecule has 1 N–H and O–H groups in total. The molecule has 1 aromatic heterocycles. The summed E-state index contributed by atoms with van der Waals surface area (Å²) in [6.07, 6.45) is 2.31. The number of hydrogen-bond donors (Lipinski definition) is 1. The van der Waals surface area contributed by atoms with Crippen molar-refractivity contribution in [1.29, 1.82) is 0 Å². The van der Waals surface area contributed by atoms with Crippen LogP contribution in [0.25, 0.3) is 5.69 Å². The van der Waals surface area contributed by atoms with Gasteiger partial charge in [0.05, 0.1) is 13.3 Å². The van der Waals surface area contributed by atoms with Crippen molar-refractivity contribution in [2.45, 2.75) is 19.8 Å². The Labute approximate surface area is 111 Å². The van der Waals surface area contributed by atoms with Crippen LogP contribution in [0.15, 0.2) is 30.5 Å². The van der Waals surface area contributed by atoms with Crippen LogP contribution in [0.3, 0.4) is 0 Å². The molecule has 0 amide bonds. The second-order valence-corrected chi connectivity index (χ2v) is 4.23. The summed E-state index contributed by atoms with van der Waals surface area (Å²) in [6, 6.07) is 7.59. The molecule has 0 saturated heterocycles. The fraction of sp³-hybridized carbons (Fsp3) is 0.286.